The highest BCUT2D eigenvalue weighted by Gasteiger charge is 2.28. The molecule has 3 nitrogen and oxygen atoms in total. The minimum Gasteiger partial charge on any atom is -0.366 e. The number of hydrogen-bond donors (Lipinski definition) is 1. The molecule has 2 rings (SSSR count). The Morgan fingerprint density at radius 1 is 1.38 bits per heavy atom. The fourth-order valence-corrected chi connectivity index (χ4v) is 1.77. The number of allylic oxidation sites excluding steroid dienone is 1. The predicted octanol–water partition coefficient (Wildman–Crippen LogP) is 1.42. The number of amides is 1. The van der Waals surface area contributed by atoms with Gasteiger partial charge in [-0.15, -0.1) is 0 Å². The van der Waals surface area contributed by atoms with Gasteiger partial charge < -0.3 is 5.73 Å². The maximum atomic E-state index is 13.3. The molecule has 1 aliphatic rings. The van der Waals surface area contributed by atoms with E-state index in [0.29, 0.717) is 6.07 Å². The zero-order chi connectivity index (χ0) is 11.9. The summed E-state index contributed by atoms with van der Waals surface area (Å²) in [7, 11) is 0. The number of fused-ring (bicyclic) bond motifs is 1. The molecule has 0 radical (unpaired) electrons. The summed E-state index contributed by atoms with van der Waals surface area (Å²) < 4.78 is 26.3. The number of carbonyl (C=O) groups excluding carboxylic acids is 2. The molecule has 0 saturated heterocycles. The average Bonchev–Trinajstić information content (AvgIpc) is 2.41. The van der Waals surface area contributed by atoms with E-state index < -0.39 is 23.3 Å². The van der Waals surface area contributed by atoms with E-state index in [-0.39, 0.29) is 23.1 Å². The first-order valence-electron chi connectivity index (χ1n) is 4.51. The zero-order valence-corrected chi connectivity index (χ0v) is 8.09. The van der Waals surface area contributed by atoms with Crippen molar-refractivity contribution in [2.75, 3.05) is 0 Å². The van der Waals surface area contributed by atoms with Crippen LogP contribution in [0.5, 0.6) is 0 Å². The Labute approximate surface area is 89.6 Å². The standard InChI is InChI=1S/C11H7F2NO2/c12-6-3-7-5(2-10(14)16)1-9(15)11(7)8(13)4-6/h2-4H,1H2,(H2,14,16). The van der Waals surface area contributed by atoms with E-state index in [2.05, 4.69) is 0 Å². The Morgan fingerprint density at radius 2 is 2.06 bits per heavy atom. The lowest BCUT2D eigenvalue weighted by Crippen LogP contribution is -2.06. The average molecular weight is 223 g/mol. The number of nitrogens with two attached hydrogens (primary N) is 1. The first kappa shape index (κ1) is 10.5. The molecule has 1 aromatic carbocycles. The van der Waals surface area contributed by atoms with Crippen LogP contribution in [0.3, 0.4) is 0 Å². The Kier molecular flexibility index (Phi) is 2.30. The van der Waals surface area contributed by atoms with Gasteiger partial charge in [0.2, 0.25) is 5.91 Å². The van der Waals surface area contributed by atoms with Gasteiger partial charge in [-0.25, -0.2) is 8.78 Å². The third kappa shape index (κ3) is 1.60. The number of carbonyl (C=O) groups is 2. The number of primary amides is 1. The molecule has 1 amide bonds. The minimum atomic E-state index is -0.909. The molecule has 0 aromatic heterocycles. The molecule has 2 N–H and O–H groups in total. The molecule has 0 atom stereocenters. The van der Waals surface area contributed by atoms with E-state index in [1.807, 2.05) is 0 Å². The van der Waals surface area contributed by atoms with E-state index >= 15 is 0 Å². The van der Waals surface area contributed by atoms with Crippen molar-refractivity contribution in [1.82, 2.24) is 0 Å². The van der Waals surface area contributed by atoms with E-state index in [9.17, 15) is 18.4 Å². The lowest BCUT2D eigenvalue weighted by Gasteiger charge is -2.00. The Hall–Kier alpha value is -2.04. The molecule has 1 aliphatic carbocycles. The fourth-order valence-electron chi connectivity index (χ4n) is 1.77. The van der Waals surface area contributed by atoms with Crippen LogP contribution in [0.25, 0.3) is 5.57 Å². The molecular formula is C11H7F2NO2. The molecule has 16 heavy (non-hydrogen) atoms. The summed E-state index contributed by atoms with van der Waals surface area (Å²) in [6, 6.07) is 1.67. The Bertz CT molecular complexity index is 535. The monoisotopic (exact) mass is 223 g/mol. The smallest absolute Gasteiger partial charge is 0.241 e. The highest BCUT2D eigenvalue weighted by atomic mass is 19.1. The second kappa shape index (κ2) is 3.52. The van der Waals surface area contributed by atoms with Gasteiger partial charge in [0.15, 0.2) is 5.78 Å². The number of ketones is 1. The van der Waals surface area contributed by atoms with E-state index in [1.165, 1.54) is 0 Å². The molecule has 0 fully saturated rings. The molecule has 1 aromatic rings. The molecule has 0 spiro atoms. The number of halogens is 2. The van der Waals surface area contributed by atoms with E-state index in [1.54, 1.807) is 0 Å². The summed E-state index contributed by atoms with van der Waals surface area (Å²) in [6.45, 7) is 0. The summed E-state index contributed by atoms with van der Waals surface area (Å²) >= 11 is 0. The summed E-state index contributed by atoms with van der Waals surface area (Å²) in [6.07, 6.45) is 0.890. The topological polar surface area (TPSA) is 60.2 Å². The third-order valence-corrected chi connectivity index (χ3v) is 2.35. The van der Waals surface area contributed by atoms with Crippen LogP contribution in [-0.4, -0.2) is 11.7 Å². The van der Waals surface area contributed by atoms with Gasteiger partial charge in [-0.05, 0) is 17.2 Å². The van der Waals surface area contributed by atoms with Crippen LogP contribution < -0.4 is 5.73 Å². The molecule has 0 aliphatic heterocycles. The number of hydrogen-bond acceptors (Lipinski definition) is 2. The number of benzene rings is 1. The number of Topliss-reactive ketones (excluding diaryl/α,β-unsaturated/α-hetero) is 1. The van der Waals surface area contributed by atoms with E-state index in [0.717, 1.165) is 12.1 Å². The largest absolute Gasteiger partial charge is 0.366 e. The maximum Gasteiger partial charge on any atom is 0.241 e. The second-order valence-electron chi connectivity index (χ2n) is 3.48. The first-order chi connectivity index (χ1) is 7.49. The Balaban J connectivity index is 2.66. The summed E-state index contributed by atoms with van der Waals surface area (Å²) in [5.41, 5.74) is 5.13. The maximum absolute atomic E-state index is 13.3. The number of rotatable bonds is 1. The van der Waals surface area contributed by atoms with Gasteiger partial charge in [0, 0.05) is 18.6 Å². The van der Waals surface area contributed by atoms with Gasteiger partial charge in [0.25, 0.3) is 0 Å². The van der Waals surface area contributed by atoms with Crippen LogP contribution in [0.1, 0.15) is 22.3 Å². The molecule has 0 heterocycles. The molecule has 0 unspecified atom stereocenters. The van der Waals surface area contributed by atoms with Crippen molar-refractivity contribution in [3.8, 4) is 0 Å². The van der Waals surface area contributed by atoms with Crippen LogP contribution in [0.2, 0.25) is 0 Å². The SMILES string of the molecule is NC(=O)C=C1CC(=O)c2c(F)cc(F)cc21. The lowest BCUT2D eigenvalue weighted by atomic mass is 10.1. The van der Waals surface area contributed by atoms with Crippen molar-refractivity contribution in [3.05, 3.63) is 41.0 Å². The normalized spacial score (nSPS) is 16.6. The van der Waals surface area contributed by atoms with Crippen LogP contribution in [-0.2, 0) is 4.79 Å². The second-order valence-corrected chi connectivity index (χ2v) is 3.48. The van der Waals surface area contributed by atoms with Gasteiger partial charge in [0.1, 0.15) is 11.6 Å². The molecule has 82 valence electrons. The zero-order valence-electron chi connectivity index (χ0n) is 8.09. The minimum absolute atomic E-state index is 0.112. The van der Waals surface area contributed by atoms with Crippen LogP contribution in [0.15, 0.2) is 18.2 Å². The van der Waals surface area contributed by atoms with Crippen molar-refractivity contribution >= 4 is 17.3 Å². The Morgan fingerprint density at radius 3 is 2.69 bits per heavy atom. The summed E-state index contributed by atoms with van der Waals surface area (Å²) in [4.78, 5) is 22.1. The molecule has 5 heteroatoms. The third-order valence-electron chi connectivity index (χ3n) is 2.35. The van der Waals surface area contributed by atoms with Gasteiger partial charge in [0.05, 0.1) is 5.56 Å². The van der Waals surface area contributed by atoms with Crippen molar-refractivity contribution in [3.63, 3.8) is 0 Å². The predicted molar refractivity (Wildman–Crippen MR) is 52.5 cm³/mol. The fraction of sp³-hybridized carbons (Fsp3) is 0.0909. The van der Waals surface area contributed by atoms with Gasteiger partial charge in [-0.1, -0.05) is 0 Å². The summed E-state index contributed by atoms with van der Waals surface area (Å²) in [5, 5.41) is 0. The van der Waals surface area contributed by atoms with E-state index in [4.69, 9.17) is 5.73 Å². The van der Waals surface area contributed by atoms with Crippen LogP contribution in [0, 0.1) is 11.6 Å². The van der Waals surface area contributed by atoms with Crippen molar-refractivity contribution < 1.29 is 18.4 Å². The van der Waals surface area contributed by atoms with Crippen LogP contribution in [0.4, 0.5) is 8.78 Å². The van der Waals surface area contributed by atoms with Crippen molar-refractivity contribution in [2.45, 2.75) is 6.42 Å². The van der Waals surface area contributed by atoms with Gasteiger partial charge in [-0.2, -0.15) is 0 Å². The molecule has 0 bridgehead atoms. The molecule has 0 saturated carbocycles. The first-order valence-corrected chi connectivity index (χ1v) is 4.51. The quantitative estimate of drug-likeness (QED) is 0.732. The lowest BCUT2D eigenvalue weighted by molar-refractivity contribution is -0.113. The van der Waals surface area contributed by atoms with Crippen molar-refractivity contribution in [1.29, 1.82) is 0 Å². The summed E-state index contributed by atoms with van der Waals surface area (Å²) in [5.74, 6) is -2.92. The van der Waals surface area contributed by atoms with Gasteiger partial charge >= 0.3 is 0 Å². The highest BCUT2D eigenvalue weighted by molar-refractivity contribution is 6.14. The highest BCUT2D eigenvalue weighted by Crippen LogP contribution is 2.34. The van der Waals surface area contributed by atoms with Crippen molar-refractivity contribution in [2.24, 2.45) is 5.73 Å². The molecular weight excluding hydrogens is 216 g/mol. The van der Waals surface area contributed by atoms with Gasteiger partial charge in [-0.3, -0.25) is 9.59 Å². The van der Waals surface area contributed by atoms with Crippen LogP contribution >= 0.6 is 0 Å².